The number of hydrogen-bond donors (Lipinski definition) is 1. The first kappa shape index (κ1) is 16.9. The highest BCUT2D eigenvalue weighted by Gasteiger charge is 2.35. The third-order valence-electron chi connectivity index (χ3n) is 4.77. The average molecular weight is 357 g/mol. The summed E-state index contributed by atoms with van der Waals surface area (Å²) in [6.07, 6.45) is 1.16. The van der Waals surface area contributed by atoms with Gasteiger partial charge >= 0.3 is 0 Å². The minimum atomic E-state index is -0.118. The first-order valence-corrected chi connectivity index (χ1v) is 8.55. The van der Waals surface area contributed by atoms with Crippen molar-refractivity contribution in [1.29, 1.82) is 0 Å². The fourth-order valence-electron chi connectivity index (χ4n) is 2.86. The van der Waals surface area contributed by atoms with Crippen LogP contribution >= 0.6 is 15.9 Å². The van der Waals surface area contributed by atoms with Crippen LogP contribution in [0.4, 0.5) is 4.39 Å². The van der Waals surface area contributed by atoms with Gasteiger partial charge in [0.2, 0.25) is 0 Å². The molecule has 0 spiro atoms. The largest absolute Gasteiger partial charge is 0.311 e. The molecule has 118 valence electrons. The van der Waals surface area contributed by atoms with Crippen LogP contribution in [0.2, 0.25) is 0 Å². The summed E-state index contributed by atoms with van der Waals surface area (Å²) in [6.45, 7) is 11.5. The Bertz CT molecular complexity index is 490. The summed E-state index contributed by atoms with van der Waals surface area (Å²) in [6, 6.07) is 5.68. The predicted molar refractivity (Wildman–Crippen MR) is 89.8 cm³/mol. The Morgan fingerprint density at radius 3 is 2.86 bits per heavy atom. The molecule has 1 N–H and O–H groups in total. The SMILES string of the molecule is CCC(C)C1CN(Cc2cc(Br)ccc2F)C(C)(C)CN1. The molecule has 1 saturated heterocycles. The number of nitrogens with one attached hydrogen (secondary N) is 1. The molecular formula is C17H26BrFN2. The van der Waals surface area contributed by atoms with Crippen LogP contribution in [-0.4, -0.2) is 29.6 Å². The van der Waals surface area contributed by atoms with Gasteiger partial charge in [0, 0.05) is 41.3 Å². The van der Waals surface area contributed by atoms with Crippen LogP contribution < -0.4 is 5.32 Å². The van der Waals surface area contributed by atoms with Gasteiger partial charge in [-0.2, -0.15) is 0 Å². The van der Waals surface area contributed by atoms with E-state index < -0.39 is 0 Å². The molecule has 0 amide bonds. The van der Waals surface area contributed by atoms with E-state index in [2.05, 4.69) is 53.8 Å². The van der Waals surface area contributed by atoms with Crippen molar-refractivity contribution in [1.82, 2.24) is 10.2 Å². The molecular weight excluding hydrogens is 331 g/mol. The topological polar surface area (TPSA) is 15.3 Å². The van der Waals surface area contributed by atoms with E-state index in [1.807, 2.05) is 6.07 Å². The lowest BCUT2D eigenvalue weighted by Crippen LogP contribution is -2.62. The summed E-state index contributed by atoms with van der Waals surface area (Å²) in [4.78, 5) is 2.41. The zero-order valence-corrected chi connectivity index (χ0v) is 15.0. The molecule has 1 aliphatic rings. The Kier molecular flexibility index (Phi) is 5.44. The lowest BCUT2D eigenvalue weighted by molar-refractivity contribution is 0.0440. The molecule has 1 aromatic carbocycles. The Morgan fingerprint density at radius 2 is 2.19 bits per heavy atom. The molecule has 2 rings (SSSR count). The summed E-state index contributed by atoms with van der Waals surface area (Å²) < 4.78 is 15.0. The van der Waals surface area contributed by atoms with Gasteiger partial charge in [0.15, 0.2) is 0 Å². The Balaban J connectivity index is 2.16. The van der Waals surface area contributed by atoms with Gasteiger partial charge in [0.25, 0.3) is 0 Å². The second-order valence-corrected chi connectivity index (χ2v) is 7.72. The van der Waals surface area contributed by atoms with Crippen molar-refractivity contribution in [2.75, 3.05) is 13.1 Å². The van der Waals surface area contributed by atoms with Gasteiger partial charge in [-0.25, -0.2) is 4.39 Å². The van der Waals surface area contributed by atoms with E-state index in [0.717, 1.165) is 29.5 Å². The van der Waals surface area contributed by atoms with Crippen molar-refractivity contribution in [2.45, 2.75) is 52.2 Å². The first-order chi connectivity index (χ1) is 9.83. The van der Waals surface area contributed by atoms with Crippen LogP contribution in [-0.2, 0) is 6.54 Å². The molecule has 0 bridgehead atoms. The Labute approximate surface area is 136 Å². The van der Waals surface area contributed by atoms with Gasteiger partial charge in [0.1, 0.15) is 5.82 Å². The van der Waals surface area contributed by atoms with E-state index in [1.54, 1.807) is 12.1 Å². The van der Waals surface area contributed by atoms with Gasteiger partial charge in [-0.15, -0.1) is 0 Å². The zero-order valence-electron chi connectivity index (χ0n) is 13.4. The molecule has 2 unspecified atom stereocenters. The van der Waals surface area contributed by atoms with Crippen LogP contribution in [0, 0.1) is 11.7 Å². The summed E-state index contributed by atoms with van der Waals surface area (Å²) in [5, 5.41) is 3.66. The fraction of sp³-hybridized carbons (Fsp3) is 0.647. The summed E-state index contributed by atoms with van der Waals surface area (Å²) in [5.41, 5.74) is 0.806. The smallest absolute Gasteiger partial charge is 0.127 e. The minimum absolute atomic E-state index is 0.0404. The molecule has 0 radical (unpaired) electrons. The molecule has 1 fully saturated rings. The lowest BCUT2D eigenvalue weighted by Gasteiger charge is -2.47. The van der Waals surface area contributed by atoms with E-state index in [4.69, 9.17) is 0 Å². The fourth-order valence-corrected chi connectivity index (χ4v) is 3.26. The molecule has 1 aromatic rings. The van der Waals surface area contributed by atoms with Crippen LogP contribution in [0.15, 0.2) is 22.7 Å². The van der Waals surface area contributed by atoms with Gasteiger partial charge in [0.05, 0.1) is 0 Å². The molecule has 0 saturated carbocycles. The Hall–Kier alpha value is -0.450. The van der Waals surface area contributed by atoms with E-state index >= 15 is 0 Å². The highest BCUT2D eigenvalue weighted by molar-refractivity contribution is 9.10. The van der Waals surface area contributed by atoms with Crippen LogP contribution in [0.25, 0.3) is 0 Å². The van der Waals surface area contributed by atoms with E-state index in [1.165, 1.54) is 0 Å². The van der Waals surface area contributed by atoms with Crippen molar-refractivity contribution < 1.29 is 4.39 Å². The van der Waals surface area contributed by atoms with E-state index in [0.29, 0.717) is 18.5 Å². The molecule has 1 aliphatic heterocycles. The normalized spacial score (nSPS) is 24.0. The number of piperazine rings is 1. The number of hydrogen-bond acceptors (Lipinski definition) is 2. The molecule has 1 heterocycles. The minimum Gasteiger partial charge on any atom is -0.311 e. The van der Waals surface area contributed by atoms with Gasteiger partial charge in [-0.3, -0.25) is 4.90 Å². The summed E-state index contributed by atoms with van der Waals surface area (Å²) >= 11 is 3.44. The van der Waals surface area contributed by atoms with Crippen LogP contribution in [0.5, 0.6) is 0 Å². The van der Waals surface area contributed by atoms with Gasteiger partial charge in [-0.1, -0.05) is 36.2 Å². The number of nitrogens with zero attached hydrogens (tertiary/aromatic N) is 1. The van der Waals surface area contributed by atoms with Gasteiger partial charge < -0.3 is 5.32 Å². The van der Waals surface area contributed by atoms with Gasteiger partial charge in [-0.05, 0) is 38.0 Å². The van der Waals surface area contributed by atoms with Crippen LogP contribution in [0.3, 0.4) is 0 Å². The zero-order chi connectivity index (χ0) is 15.6. The molecule has 0 aromatic heterocycles. The summed E-state index contributed by atoms with van der Waals surface area (Å²) in [5.74, 6) is 0.517. The van der Waals surface area contributed by atoms with Crippen molar-refractivity contribution in [2.24, 2.45) is 5.92 Å². The second kappa shape index (κ2) is 6.76. The lowest BCUT2D eigenvalue weighted by atomic mass is 9.90. The maximum atomic E-state index is 14.0. The molecule has 4 heteroatoms. The van der Waals surface area contributed by atoms with Crippen LogP contribution in [0.1, 0.15) is 39.7 Å². The van der Waals surface area contributed by atoms with E-state index in [9.17, 15) is 4.39 Å². The Morgan fingerprint density at radius 1 is 1.48 bits per heavy atom. The van der Waals surface area contributed by atoms with Crippen molar-refractivity contribution in [3.63, 3.8) is 0 Å². The van der Waals surface area contributed by atoms with Crippen molar-refractivity contribution >= 4 is 15.9 Å². The predicted octanol–water partition coefficient (Wildman–Crippen LogP) is 4.19. The highest BCUT2D eigenvalue weighted by atomic mass is 79.9. The molecule has 2 atom stereocenters. The summed E-state index contributed by atoms with van der Waals surface area (Å²) in [7, 11) is 0. The van der Waals surface area contributed by atoms with E-state index in [-0.39, 0.29) is 11.4 Å². The maximum absolute atomic E-state index is 14.0. The maximum Gasteiger partial charge on any atom is 0.127 e. The molecule has 21 heavy (non-hydrogen) atoms. The number of halogens is 2. The number of benzene rings is 1. The quantitative estimate of drug-likeness (QED) is 0.869. The first-order valence-electron chi connectivity index (χ1n) is 7.76. The average Bonchev–Trinajstić information content (AvgIpc) is 2.44. The number of rotatable bonds is 4. The molecule has 0 aliphatic carbocycles. The second-order valence-electron chi connectivity index (χ2n) is 6.80. The highest BCUT2D eigenvalue weighted by Crippen LogP contribution is 2.26. The monoisotopic (exact) mass is 356 g/mol. The van der Waals surface area contributed by atoms with Crippen molar-refractivity contribution in [3.05, 3.63) is 34.1 Å². The molecule has 2 nitrogen and oxygen atoms in total. The van der Waals surface area contributed by atoms with Crippen molar-refractivity contribution in [3.8, 4) is 0 Å². The third-order valence-corrected chi connectivity index (χ3v) is 5.26. The standard InChI is InChI=1S/C17H26BrFN2/c1-5-12(2)16-10-21(17(3,4)11-20-16)9-13-8-14(18)6-7-15(13)19/h6-8,12,16,20H,5,9-11H2,1-4H3. The third kappa shape index (κ3) is 4.05.